The van der Waals surface area contributed by atoms with Gasteiger partial charge < -0.3 is 14.8 Å². The van der Waals surface area contributed by atoms with Crippen LogP contribution in [0.2, 0.25) is 0 Å². The van der Waals surface area contributed by atoms with Crippen molar-refractivity contribution < 1.29 is 14.3 Å². The van der Waals surface area contributed by atoms with Crippen molar-refractivity contribution in [1.29, 1.82) is 5.26 Å². The van der Waals surface area contributed by atoms with Gasteiger partial charge in [-0.15, -0.1) is 0 Å². The Kier molecular flexibility index (Phi) is 4.16. The predicted octanol–water partition coefficient (Wildman–Crippen LogP) is 4.01. The maximum Gasteiger partial charge on any atom is 0.258 e. The summed E-state index contributed by atoms with van der Waals surface area (Å²) >= 11 is 0. The summed E-state index contributed by atoms with van der Waals surface area (Å²) in [5.41, 5.74) is 4.23. The molecule has 2 aromatic carbocycles. The molecule has 2 aliphatic rings. The van der Waals surface area contributed by atoms with Gasteiger partial charge in [-0.3, -0.25) is 4.79 Å². The molecule has 1 amide bonds. The SMILES string of the molecule is CC(C)c1ccc(-c2cc(NC(=O)C3(C)CO3)c(C#N)c3c2OCC3)cc1. The Balaban J connectivity index is 1.79. The first kappa shape index (κ1) is 17.6. The molecule has 5 nitrogen and oxygen atoms in total. The molecule has 27 heavy (non-hydrogen) atoms. The van der Waals surface area contributed by atoms with Crippen LogP contribution in [0.4, 0.5) is 5.69 Å². The number of benzene rings is 2. The third-order valence-corrected chi connectivity index (χ3v) is 5.28. The number of anilines is 1. The Labute approximate surface area is 158 Å². The summed E-state index contributed by atoms with van der Waals surface area (Å²) < 4.78 is 11.1. The molecule has 4 rings (SSSR count). The van der Waals surface area contributed by atoms with Crippen LogP contribution in [0.5, 0.6) is 5.75 Å². The molecule has 2 aromatic rings. The zero-order valence-corrected chi connectivity index (χ0v) is 15.8. The van der Waals surface area contributed by atoms with Gasteiger partial charge in [0.15, 0.2) is 5.60 Å². The van der Waals surface area contributed by atoms with E-state index in [1.54, 1.807) is 6.92 Å². The Bertz CT molecular complexity index is 951. The van der Waals surface area contributed by atoms with Gasteiger partial charge in [-0.1, -0.05) is 38.1 Å². The van der Waals surface area contributed by atoms with Gasteiger partial charge in [0.1, 0.15) is 11.8 Å². The van der Waals surface area contributed by atoms with E-state index in [0.29, 0.717) is 36.8 Å². The summed E-state index contributed by atoms with van der Waals surface area (Å²) in [6, 6.07) is 12.4. The molecule has 1 N–H and O–H groups in total. The third-order valence-electron chi connectivity index (χ3n) is 5.28. The molecule has 0 aromatic heterocycles. The van der Waals surface area contributed by atoms with E-state index in [4.69, 9.17) is 9.47 Å². The van der Waals surface area contributed by atoms with Crippen LogP contribution in [0.15, 0.2) is 30.3 Å². The summed E-state index contributed by atoms with van der Waals surface area (Å²) in [6.07, 6.45) is 0.660. The van der Waals surface area contributed by atoms with Gasteiger partial charge in [0.05, 0.1) is 24.5 Å². The number of nitrogens with one attached hydrogen (secondary N) is 1. The van der Waals surface area contributed by atoms with Gasteiger partial charge in [-0.05, 0) is 30.0 Å². The van der Waals surface area contributed by atoms with Crippen molar-refractivity contribution in [3.05, 3.63) is 47.0 Å². The molecule has 0 radical (unpaired) electrons. The highest BCUT2D eigenvalue weighted by Gasteiger charge is 2.47. The van der Waals surface area contributed by atoms with Crippen LogP contribution < -0.4 is 10.1 Å². The van der Waals surface area contributed by atoms with E-state index in [0.717, 1.165) is 22.4 Å². The number of ether oxygens (including phenoxy) is 2. The number of hydrogen-bond donors (Lipinski definition) is 1. The number of rotatable bonds is 4. The molecular formula is C22H22N2O3. The normalized spacial score (nSPS) is 20.0. The summed E-state index contributed by atoms with van der Waals surface area (Å²) in [6.45, 7) is 7.01. The first-order valence-corrected chi connectivity index (χ1v) is 9.21. The zero-order valence-electron chi connectivity index (χ0n) is 15.8. The van der Waals surface area contributed by atoms with Gasteiger partial charge in [0, 0.05) is 17.5 Å². The van der Waals surface area contributed by atoms with Gasteiger partial charge in [-0.2, -0.15) is 5.26 Å². The van der Waals surface area contributed by atoms with Gasteiger partial charge in [0.2, 0.25) is 0 Å². The van der Waals surface area contributed by atoms with Crippen LogP contribution in [0.1, 0.15) is 43.4 Å². The number of fused-ring (bicyclic) bond motifs is 1. The molecule has 1 saturated heterocycles. The van der Waals surface area contributed by atoms with Crippen LogP contribution in [-0.4, -0.2) is 24.7 Å². The molecule has 138 valence electrons. The quantitative estimate of drug-likeness (QED) is 0.834. The Morgan fingerprint density at radius 3 is 2.59 bits per heavy atom. The highest BCUT2D eigenvalue weighted by molar-refractivity contribution is 6.01. The van der Waals surface area contributed by atoms with E-state index in [2.05, 4.69) is 49.5 Å². The summed E-state index contributed by atoms with van der Waals surface area (Å²) in [5, 5.41) is 12.6. The topological polar surface area (TPSA) is 74.7 Å². The summed E-state index contributed by atoms with van der Waals surface area (Å²) in [4.78, 5) is 12.5. The van der Waals surface area contributed by atoms with Crippen LogP contribution >= 0.6 is 0 Å². The van der Waals surface area contributed by atoms with Crippen molar-refractivity contribution in [3.8, 4) is 22.9 Å². The largest absolute Gasteiger partial charge is 0.492 e. The lowest BCUT2D eigenvalue weighted by molar-refractivity contribution is -0.120. The van der Waals surface area contributed by atoms with Crippen LogP contribution in [0, 0.1) is 11.3 Å². The number of hydrogen-bond acceptors (Lipinski definition) is 4. The van der Waals surface area contributed by atoms with Crippen molar-refractivity contribution in [3.63, 3.8) is 0 Å². The molecule has 0 saturated carbocycles. The highest BCUT2D eigenvalue weighted by atomic mass is 16.6. The molecule has 0 spiro atoms. The Hall–Kier alpha value is -2.84. The first-order chi connectivity index (χ1) is 12.9. The Morgan fingerprint density at radius 1 is 1.30 bits per heavy atom. The number of nitriles is 1. The minimum atomic E-state index is -0.790. The predicted molar refractivity (Wildman–Crippen MR) is 103 cm³/mol. The second kappa shape index (κ2) is 6.40. The minimum Gasteiger partial charge on any atom is -0.492 e. The molecule has 5 heteroatoms. The van der Waals surface area contributed by atoms with E-state index in [1.807, 2.05) is 6.07 Å². The second-order valence-electron chi connectivity index (χ2n) is 7.61. The Morgan fingerprint density at radius 2 is 2.00 bits per heavy atom. The fourth-order valence-corrected chi connectivity index (χ4v) is 3.36. The lowest BCUT2D eigenvalue weighted by Crippen LogP contribution is -2.28. The number of amides is 1. The summed E-state index contributed by atoms with van der Waals surface area (Å²) in [7, 11) is 0. The van der Waals surface area contributed by atoms with Crippen LogP contribution in [0.3, 0.4) is 0 Å². The van der Waals surface area contributed by atoms with E-state index >= 15 is 0 Å². The van der Waals surface area contributed by atoms with E-state index in [-0.39, 0.29) is 5.91 Å². The molecule has 1 fully saturated rings. The van der Waals surface area contributed by atoms with Crippen molar-refractivity contribution in [2.75, 3.05) is 18.5 Å². The zero-order chi connectivity index (χ0) is 19.2. The first-order valence-electron chi connectivity index (χ1n) is 9.21. The molecular weight excluding hydrogens is 340 g/mol. The van der Waals surface area contributed by atoms with Crippen molar-refractivity contribution in [2.45, 2.75) is 38.7 Å². The standard InChI is InChI=1S/C22H22N2O3/c1-13(2)14-4-6-15(7-5-14)17-10-19(24-21(25)22(3)12-27-22)18(11-23)16-8-9-26-20(16)17/h4-7,10,13H,8-9,12H2,1-3H3,(H,24,25). The van der Waals surface area contributed by atoms with Crippen LogP contribution in [0.25, 0.3) is 11.1 Å². The van der Waals surface area contributed by atoms with E-state index in [1.165, 1.54) is 5.56 Å². The van der Waals surface area contributed by atoms with E-state index in [9.17, 15) is 10.1 Å². The number of epoxide rings is 1. The average Bonchev–Trinajstić information content (AvgIpc) is 3.23. The van der Waals surface area contributed by atoms with E-state index < -0.39 is 5.60 Å². The summed E-state index contributed by atoms with van der Waals surface area (Å²) in [5.74, 6) is 0.978. The van der Waals surface area contributed by atoms with Gasteiger partial charge in [0.25, 0.3) is 5.91 Å². The molecule has 2 aliphatic heterocycles. The van der Waals surface area contributed by atoms with Crippen LogP contribution in [-0.2, 0) is 16.0 Å². The van der Waals surface area contributed by atoms with Gasteiger partial charge >= 0.3 is 0 Å². The average molecular weight is 362 g/mol. The molecule has 0 aliphatic carbocycles. The second-order valence-corrected chi connectivity index (χ2v) is 7.61. The van der Waals surface area contributed by atoms with Gasteiger partial charge in [-0.25, -0.2) is 0 Å². The smallest absolute Gasteiger partial charge is 0.258 e. The van der Waals surface area contributed by atoms with Crippen molar-refractivity contribution in [1.82, 2.24) is 0 Å². The highest BCUT2D eigenvalue weighted by Crippen LogP contribution is 2.43. The van der Waals surface area contributed by atoms with Crippen molar-refractivity contribution >= 4 is 11.6 Å². The molecule has 0 bridgehead atoms. The molecule has 1 unspecified atom stereocenters. The fraction of sp³-hybridized carbons (Fsp3) is 0.364. The maximum absolute atomic E-state index is 12.5. The molecule has 1 atom stereocenters. The number of carbonyl (C=O) groups is 1. The number of nitrogens with zero attached hydrogens (tertiary/aromatic N) is 1. The monoisotopic (exact) mass is 362 g/mol. The minimum absolute atomic E-state index is 0.223. The lowest BCUT2D eigenvalue weighted by Gasteiger charge is -2.16. The third kappa shape index (κ3) is 3.07. The number of carbonyl (C=O) groups excluding carboxylic acids is 1. The molecule has 2 heterocycles. The van der Waals surface area contributed by atoms with Crippen molar-refractivity contribution in [2.24, 2.45) is 0 Å². The lowest BCUT2D eigenvalue weighted by atomic mass is 9.93. The fourth-order valence-electron chi connectivity index (χ4n) is 3.36. The maximum atomic E-state index is 12.5.